The van der Waals surface area contributed by atoms with Crippen molar-refractivity contribution in [3.8, 4) is 5.75 Å². The van der Waals surface area contributed by atoms with Crippen LogP contribution in [-0.2, 0) is 26.2 Å². The number of carbonyl (C=O) groups is 2. The van der Waals surface area contributed by atoms with Gasteiger partial charge in [-0.1, -0.05) is 12.1 Å². The van der Waals surface area contributed by atoms with Crippen molar-refractivity contribution in [1.29, 1.82) is 0 Å². The molecule has 8 nitrogen and oxygen atoms in total. The molecule has 34 heavy (non-hydrogen) atoms. The van der Waals surface area contributed by atoms with Gasteiger partial charge in [0.25, 0.3) is 0 Å². The molecule has 0 aliphatic rings. The van der Waals surface area contributed by atoms with Crippen molar-refractivity contribution >= 4 is 50.1 Å². The zero-order valence-corrected chi connectivity index (χ0v) is 23.3. The highest BCUT2D eigenvalue weighted by atomic mass is 127. The number of benzene rings is 2. The van der Waals surface area contributed by atoms with Crippen molar-refractivity contribution in [2.24, 2.45) is 0 Å². The molecule has 0 heterocycles. The summed E-state index contributed by atoms with van der Waals surface area (Å²) in [4.78, 5) is 27.9. The Hall–Kier alpha value is -2.34. The third-order valence-electron chi connectivity index (χ3n) is 4.95. The number of halogens is 1. The standard InChI is InChI=1S/C24H32IN3O5S/c1-17(23(30)26-24(2,3)4)27(15-18-8-7-9-21(14-18)33-5)22(29)16-28(34(6,31)32)20-12-10-19(25)11-13-20/h7-14,17H,15-16H2,1-6H3,(H,26,30)/t17-/m1/s1. The number of sulfonamides is 1. The van der Waals surface area contributed by atoms with E-state index in [2.05, 4.69) is 27.9 Å². The maximum absolute atomic E-state index is 13.5. The van der Waals surface area contributed by atoms with Gasteiger partial charge < -0.3 is 15.0 Å². The van der Waals surface area contributed by atoms with Gasteiger partial charge in [0.2, 0.25) is 21.8 Å². The van der Waals surface area contributed by atoms with E-state index >= 15 is 0 Å². The number of ether oxygens (including phenoxy) is 1. The minimum absolute atomic E-state index is 0.110. The van der Waals surface area contributed by atoms with E-state index in [0.717, 1.165) is 19.7 Å². The van der Waals surface area contributed by atoms with Gasteiger partial charge in [-0.05, 0) is 92.2 Å². The molecule has 0 saturated carbocycles. The highest BCUT2D eigenvalue weighted by molar-refractivity contribution is 14.1. The van der Waals surface area contributed by atoms with Crippen LogP contribution in [0.2, 0.25) is 0 Å². The van der Waals surface area contributed by atoms with E-state index in [-0.39, 0.29) is 12.5 Å². The van der Waals surface area contributed by atoms with Crippen LogP contribution in [0.3, 0.4) is 0 Å². The van der Waals surface area contributed by atoms with Crippen molar-refractivity contribution in [2.75, 3.05) is 24.2 Å². The fourth-order valence-corrected chi connectivity index (χ4v) is 4.45. The van der Waals surface area contributed by atoms with Crippen molar-refractivity contribution in [3.05, 3.63) is 57.7 Å². The van der Waals surface area contributed by atoms with E-state index in [9.17, 15) is 18.0 Å². The summed E-state index contributed by atoms with van der Waals surface area (Å²) in [5.41, 5.74) is 0.642. The summed E-state index contributed by atoms with van der Waals surface area (Å²) in [5.74, 6) is -0.208. The Kier molecular flexibility index (Phi) is 9.35. The van der Waals surface area contributed by atoms with E-state index in [1.54, 1.807) is 56.5 Å². The first-order chi connectivity index (χ1) is 15.7. The zero-order valence-electron chi connectivity index (χ0n) is 20.3. The molecule has 0 spiro atoms. The second kappa shape index (κ2) is 11.4. The van der Waals surface area contributed by atoms with Gasteiger partial charge in [-0.3, -0.25) is 13.9 Å². The smallest absolute Gasteiger partial charge is 0.244 e. The van der Waals surface area contributed by atoms with Crippen LogP contribution in [0.25, 0.3) is 0 Å². The molecule has 1 atom stereocenters. The molecule has 0 radical (unpaired) electrons. The topological polar surface area (TPSA) is 96.0 Å². The average Bonchev–Trinajstić information content (AvgIpc) is 2.74. The molecule has 0 aliphatic carbocycles. The normalized spacial score (nSPS) is 12.6. The molecule has 10 heteroatoms. The molecule has 0 saturated heterocycles. The first kappa shape index (κ1) is 27.9. The van der Waals surface area contributed by atoms with Crippen LogP contribution in [0, 0.1) is 3.57 Å². The molecular weight excluding hydrogens is 569 g/mol. The minimum Gasteiger partial charge on any atom is -0.497 e. The molecule has 2 rings (SSSR count). The van der Waals surface area contributed by atoms with Gasteiger partial charge in [0.15, 0.2) is 0 Å². The summed E-state index contributed by atoms with van der Waals surface area (Å²) >= 11 is 2.12. The third kappa shape index (κ3) is 8.15. The second-order valence-corrected chi connectivity index (χ2v) is 12.2. The number of anilines is 1. The maximum Gasteiger partial charge on any atom is 0.244 e. The number of amides is 2. The molecule has 0 aromatic heterocycles. The van der Waals surface area contributed by atoms with Gasteiger partial charge in [0, 0.05) is 15.7 Å². The van der Waals surface area contributed by atoms with Crippen LogP contribution < -0.4 is 14.4 Å². The van der Waals surface area contributed by atoms with Crippen LogP contribution in [-0.4, -0.2) is 56.6 Å². The summed E-state index contributed by atoms with van der Waals surface area (Å²) in [5, 5.41) is 2.89. The molecule has 2 aromatic rings. The Morgan fingerprint density at radius 2 is 1.74 bits per heavy atom. The quantitative estimate of drug-likeness (QED) is 0.445. The van der Waals surface area contributed by atoms with Crippen molar-refractivity contribution < 1.29 is 22.7 Å². The molecular formula is C24H32IN3O5S. The number of rotatable bonds is 9. The molecule has 0 aliphatic heterocycles. The molecule has 0 bridgehead atoms. The lowest BCUT2D eigenvalue weighted by Crippen LogP contribution is -2.54. The van der Waals surface area contributed by atoms with E-state index in [4.69, 9.17) is 4.74 Å². The highest BCUT2D eigenvalue weighted by Crippen LogP contribution is 2.21. The van der Waals surface area contributed by atoms with Gasteiger partial charge in [0.1, 0.15) is 18.3 Å². The van der Waals surface area contributed by atoms with Gasteiger partial charge in [0.05, 0.1) is 19.1 Å². The van der Waals surface area contributed by atoms with E-state index in [0.29, 0.717) is 11.4 Å². The molecule has 186 valence electrons. The van der Waals surface area contributed by atoms with Crippen LogP contribution in [0.4, 0.5) is 5.69 Å². The Labute approximate surface area is 215 Å². The first-order valence-electron chi connectivity index (χ1n) is 10.7. The van der Waals surface area contributed by atoms with Crippen LogP contribution in [0.15, 0.2) is 48.5 Å². The van der Waals surface area contributed by atoms with Crippen LogP contribution in [0.1, 0.15) is 33.3 Å². The predicted molar refractivity (Wildman–Crippen MR) is 142 cm³/mol. The monoisotopic (exact) mass is 601 g/mol. The minimum atomic E-state index is -3.75. The molecule has 0 unspecified atom stereocenters. The van der Waals surface area contributed by atoms with Crippen LogP contribution >= 0.6 is 22.6 Å². The SMILES string of the molecule is COc1cccc(CN(C(=O)CN(c2ccc(I)cc2)S(C)(=O)=O)[C@H](C)C(=O)NC(C)(C)C)c1. The van der Waals surface area contributed by atoms with Gasteiger partial charge in [-0.15, -0.1) is 0 Å². The average molecular weight is 602 g/mol. The summed E-state index contributed by atoms with van der Waals surface area (Å²) in [6.45, 7) is 6.88. The van der Waals surface area contributed by atoms with Crippen LogP contribution in [0.5, 0.6) is 5.75 Å². The van der Waals surface area contributed by atoms with E-state index in [1.165, 1.54) is 4.90 Å². The Morgan fingerprint density at radius 3 is 2.26 bits per heavy atom. The van der Waals surface area contributed by atoms with E-state index in [1.807, 2.05) is 26.8 Å². The van der Waals surface area contributed by atoms with Gasteiger partial charge in [-0.2, -0.15) is 0 Å². The van der Waals surface area contributed by atoms with Gasteiger partial charge in [-0.25, -0.2) is 8.42 Å². The summed E-state index contributed by atoms with van der Waals surface area (Å²) in [6, 6.07) is 13.2. The second-order valence-electron chi connectivity index (χ2n) is 9.03. The summed E-state index contributed by atoms with van der Waals surface area (Å²) < 4.78 is 32.4. The van der Waals surface area contributed by atoms with Gasteiger partial charge >= 0.3 is 0 Å². The molecule has 0 fully saturated rings. The Balaban J connectivity index is 2.41. The summed E-state index contributed by atoms with van der Waals surface area (Å²) in [6.07, 6.45) is 1.06. The Bertz CT molecular complexity index is 1110. The lowest BCUT2D eigenvalue weighted by molar-refractivity contribution is -0.140. The fraction of sp³-hybridized carbons (Fsp3) is 0.417. The molecule has 2 amide bonds. The number of hydrogen-bond acceptors (Lipinski definition) is 5. The lowest BCUT2D eigenvalue weighted by atomic mass is 10.1. The number of methoxy groups -OCH3 is 1. The molecule has 2 aromatic carbocycles. The van der Waals surface area contributed by atoms with E-state index < -0.39 is 34.1 Å². The predicted octanol–water partition coefficient (Wildman–Crippen LogP) is 3.40. The number of carbonyl (C=O) groups excluding carboxylic acids is 2. The largest absolute Gasteiger partial charge is 0.497 e. The molecule has 1 N–H and O–H groups in total. The van der Waals surface area contributed by atoms with Crippen molar-refractivity contribution in [1.82, 2.24) is 10.2 Å². The lowest BCUT2D eigenvalue weighted by Gasteiger charge is -2.33. The number of hydrogen-bond donors (Lipinski definition) is 1. The van der Waals surface area contributed by atoms with Crippen molar-refractivity contribution in [3.63, 3.8) is 0 Å². The first-order valence-corrected chi connectivity index (χ1v) is 13.6. The fourth-order valence-electron chi connectivity index (χ4n) is 3.25. The Morgan fingerprint density at radius 1 is 1.12 bits per heavy atom. The summed E-state index contributed by atoms with van der Waals surface area (Å²) in [7, 11) is -2.21. The highest BCUT2D eigenvalue weighted by Gasteiger charge is 2.31. The number of nitrogens with zero attached hydrogens (tertiary/aromatic N) is 2. The third-order valence-corrected chi connectivity index (χ3v) is 6.81. The number of nitrogens with one attached hydrogen (secondary N) is 1. The van der Waals surface area contributed by atoms with Crippen molar-refractivity contribution in [2.45, 2.75) is 45.8 Å². The zero-order chi connectivity index (χ0) is 25.7. The maximum atomic E-state index is 13.5.